The molecule has 0 aliphatic carbocycles. The van der Waals surface area contributed by atoms with Crippen molar-refractivity contribution in [3.63, 3.8) is 0 Å². The van der Waals surface area contributed by atoms with Gasteiger partial charge in [-0.3, -0.25) is 4.79 Å². The van der Waals surface area contributed by atoms with E-state index in [-0.39, 0.29) is 23.9 Å². The second kappa shape index (κ2) is 7.92. The van der Waals surface area contributed by atoms with Crippen LogP contribution in [0.15, 0.2) is 41.8 Å². The summed E-state index contributed by atoms with van der Waals surface area (Å²) in [6.45, 7) is 8.78. The number of thiazole rings is 1. The molecule has 1 aliphatic heterocycles. The normalized spacial score (nSPS) is 16.7. The van der Waals surface area contributed by atoms with Crippen LogP contribution in [-0.4, -0.2) is 36.7 Å². The highest BCUT2D eigenvalue weighted by atomic mass is 32.2. The zero-order chi connectivity index (χ0) is 19.6. The molecule has 2 aromatic rings. The summed E-state index contributed by atoms with van der Waals surface area (Å²) in [7, 11) is -3.65. The Morgan fingerprint density at radius 2 is 2.19 bits per heavy atom. The number of hydrogen-bond donors (Lipinski definition) is 1. The van der Waals surface area contributed by atoms with Gasteiger partial charge in [0.25, 0.3) is 5.91 Å². The van der Waals surface area contributed by atoms with Crippen LogP contribution in [0, 0.1) is 5.92 Å². The number of carbonyl (C=O) groups is 1. The van der Waals surface area contributed by atoms with Crippen molar-refractivity contribution in [1.82, 2.24) is 14.6 Å². The molecule has 1 aromatic carbocycles. The Morgan fingerprint density at radius 3 is 2.89 bits per heavy atom. The maximum absolute atomic E-state index is 13.0. The fraction of sp³-hybridized carbons (Fsp3) is 0.368. The van der Waals surface area contributed by atoms with E-state index in [1.807, 2.05) is 0 Å². The van der Waals surface area contributed by atoms with Crippen molar-refractivity contribution in [1.29, 1.82) is 0 Å². The van der Waals surface area contributed by atoms with Gasteiger partial charge in [-0.15, -0.1) is 17.9 Å². The van der Waals surface area contributed by atoms with E-state index in [1.165, 1.54) is 15.6 Å². The van der Waals surface area contributed by atoms with Gasteiger partial charge in [-0.2, -0.15) is 4.31 Å². The van der Waals surface area contributed by atoms with Crippen LogP contribution in [0.2, 0.25) is 0 Å². The number of benzene rings is 1. The second-order valence-corrected chi connectivity index (χ2v) is 9.59. The fourth-order valence-electron chi connectivity index (χ4n) is 2.83. The highest BCUT2D eigenvalue weighted by Crippen LogP contribution is 2.38. The van der Waals surface area contributed by atoms with Gasteiger partial charge in [-0.1, -0.05) is 44.5 Å². The molecule has 0 saturated carbocycles. The van der Waals surface area contributed by atoms with Crippen LogP contribution < -0.4 is 5.32 Å². The summed E-state index contributed by atoms with van der Waals surface area (Å²) >= 11 is 1.25. The third-order valence-corrected chi connectivity index (χ3v) is 7.52. The number of carbonyl (C=O) groups excluding carboxylic acids is 1. The van der Waals surface area contributed by atoms with Crippen LogP contribution in [0.1, 0.15) is 34.9 Å². The van der Waals surface area contributed by atoms with Gasteiger partial charge in [0, 0.05) is 23.5 Å². The molecule has 1 amide bonds. The summed E-state index contributed by atoms with van der Waals surface area (Å²) in [6, 6.07) is 6.80. The van der Waals surface area contributed by atoms with Crippen LogP contribution in [0.3, 0.4) is 0 Å². The van der Waals surface area contributed by atoms with Crippen LogP contribution in [0.5, 0.6) is 0 Å². The Labute approximate surface area is 164 Å². The molecule has 0 fully saturated rings. The minimum Gasteiger partial charge on any atom is -0.350 e. The van der Waals surface area contributed by atoms with Crippen molar-refractivity contribution in [3.05, 3.63) is 46.8 Å². The number of nitrogens with zero attached hydrogens (tertiary/aromatic N) is 2. The third kappa shape index (κ3) is 3.83. The molecule has 0 unspecified atom stereocenters. The number of aromatic nitrogens is 1. The number of rotatable bonds is 6. The highest BCUT2D eigenvalue weighted by Gasteiger charge is 2.34. The zero-order valence-corrected chi connectivity index (χ0v) is 17.1. The predicted octanol–water partition coefficient (Wildman–Crippen LogP) is 3.28. The molecule has 1 aliphatic rings. The number of sulfonamides is 1. The lowest BCUT2D eigenvalue weighted by Crippen LogP contribution is -2.29. The Hall–Kier alpha value is -2.03. The average molecular weight is 406 g/mol. The largest absolute Gasteiger partial charge is 0.350 e. The van der Waals surface area contributed by atoms with E-state index in [0.29, 0.717) is 28.7 Å². The maximum atomic E-state index is 13.0. The fourth-order valence-corrected chi connectivity index (χ4v) is 5.49. The lowest BCUT2D eigenvalue weighted by Gasteiger charge is -2.18. The molecular weight excluding hydrogens is 382 g/mol. The van der Waals surface area contributed by atoms with Crippen LogP contribution in [0.25, 0.3) is 11.3 Å². The topological polar surface area (TPSA) is 79.4 Å². The summed E-state index contributed by atoms with van der Waals surface area (Å²) in [5.74, 6) is 0.171. The van der Waals surface area contributed by atoms with Crippen LogP contribution in [0.4, 0.5) is 0 Å². The van der Waals surface area contributed by atoms with Crippen molar-refractivity contribution in [2.24, 2.45) is 5.92 Å². The number of amides is 1. The average Bonchev–Trinajstić information content (AvgIpc) is 3.06. The van der Waals surface area contributed by atoms with E-state index in [0.717, 1.165) is 11.3 Å². The molecule has 3 rings (SSSR count). The monoisotopic (exact) mass is 405 g/mol. The molecule has 1 N–H and O–H groups in total. The van der Waals surface area contributed by atoms with Crippen molar-refractivity contribution in [3.8, 4) is 11.3 Å². The van der Waals surface area contributed by atoms with Gasteiger partial charge in [0.1, 0.15) is 0 Å². The van der Waals surface area contributed by atoms with Crippen molar-refractivity contribution in [2.45, 2.75) is 31.7 Å². The Balaban J connectivity index is 2.03. The summed E-state index contributed by atoms with van der Waals surface area (Å²) in [6.07, 6.45) is 2.54. The molecule has 6 nitrogen and oxygen atoms in total. The van der Waals surface area contributed by atoms with Gasteiger partial charge in [-0.25, -0.2) is 13.4 Å². The smallest absolute Gasteiger partial charge is 0.280 e. The first-order valence-electron chi connectivity index (χ1n) is 8.86. The van der Waals surface area contributed by atoms with E-state index >= 15 is 0 Å². The number of nitrogens with one attached hydrogen (secondary N) is 1. The molecule has 1 aromatic heterocycles. The molecular formula is C19H23N3O3S2. The predicted molar refractivity (Wildman–Crippen MR) is 107 cm³/mol. The van der Waals surface area contributed by atoms with Crippen LogP contribution >= 0.6 is 11.3 Å². The lowest BCUT2D eigenvalue weighted by molar-refractivity contribution is 0.0947. The van der Waals surface area contributed by atoms with Crippen molar-refractivity contribution < 1.29 is 13.2 Å². The summed E-state index contributed by atoms with van der Waals surface area (Å²) in [5.41, 5.74) is 1.11. The summed E-state index contributed by atoms with van der Waals surface area (Å²) < 4.78 is 27.3. The maximum Gasteiger partial charge on any atom is 0.280 e. The first kappa shape index (κ1) is 19.7. The Morgan fingerprint density at radius 1 is 1.44 bits per heavy atom. The van der Waals surface area contributed by atoms with E-state index in [1.54, 1.807) is 30.3 Å². The van der Waals surface area contributed by atoms with Gasteiger partial charge >= 0.3 is 0 Å². The minimum absolute atomic E-state index is 0.175. The number of hydrogen-bond acceptors (Lipinski definition) is 5. The quantitative estimate of drug-likeness (QED) is 0.748. The van der Waals surface area contributed by atoms with Crippen molar-refractivity contribution >= 4 is 27.3 Å². The highest BCUT2D eigenvalue weighted by molar-refractivity contribution is 7.89. The Kier molecular flexibility index (Phi) is 5.78. The third-order valence-electron chi connectivity index (χ3n) is 4.61. The Bertz CT molecular complexity index is 966. The van der Waals surface area contributed by atoms with E-state index in [4.69, 9.17) is 0 Å². The molecule has 27 heavy (non-hydrogen) atoms. The first-order chi connectivity index (χ1) is 12.9. The van der Waals surface area contributed by atoms with E-state index in [2.05, 4.69) is 30.7 Å². The van der Waals surface area contributed by atoms with Gasteiger partial charge in [0.2, 0.25) is 10.0 Å². The molecule has 0 saturated heterocycles. The molecule has 144 valence electrons. The lowest BCUT2D eigenvalue weighted by atomic mass is 10.1. The number of fused-ring (bicyclic) bond motifs is 3. The molecule has 0 bridgehead atoms. The van der Waals surface area contributed by atoms with E-state index in [9.17, 15) is 13.2 Å². The summed E-state index contributed by atoms with van der Waals surface area (Å²) in [5, 5.41) is 3.27. The zero-order valence-electron chi connectivity index (χ0n) is 15.4. The molecule has 0 radical (unpaired) electrons. The van der Waals surface area contributed by atoms with Gasteiger partial charge in [0.15, 0.2) is 5.01 Å². The second-order valence-electron chi connectivity index (χ2n) is 6.60. The molecule has 0 spiro atoms. The van der Waals surface area contributed by atoms with E-state index < -0.39 is 10.0 Å². The summed E-state index contributed by atoms with van der Waals surface area (Å²) in [4.78, 5) is 18.0. The minimum atomic E-state index is -3.65. The standard InChI is InChI=1S/C19H23N3O3S2/c1-4-10-22-12-15-17(14-8-6-7-9-16(14)27(22,24)25)21-19(26-15)18(23)20-11-13(3)5-2/h4,6-9,13H,1,5,10-12H2,2-3H3,(H,20,23)/t13-/m1/s1. The van der Waals surface area contributed by atoms with Gasteiger partial charge in [-0.05, 0) is 12.0 Å². The van der Waals surface area contributed by atoms with Gasteiger partial charge < -0.3 is 5.32 Å². The van der Waals surface area contributed by atoms with Crippen molar-refractivity contribution in [2.75, 3.05) is 13.1 Å². The first-order valence-corrected chi connectivity index (χ1v) is 11.1. The molecule has 2 heterocycles. The SMILES string of the molecule is C=CCN1Cc2sc(C(=O)NC[C@H](C)CC)nc2-c2ccccc2S1(=O)=O. The van der Waals surface area contributed by atoms with Crippen LogP contribution in [-0.2, 0) is 16.6 Å². The molecule has 1 atom stereocenters. The molecule has 8 heteroatoms. The van der Waals surface area contributed by atoms with Gasteiger partial charge in [0.05, 0.1) is 17.1 Å².